The Morgan fingerprint density at radius 2 is 2.12 bits per heavy atom. The Morgan fingerprint density at radius 1 is 1.38 bits per heavy atom. The monoisotopic (exact) mass is 238 g/mol. The Bertz CT molecular complexity index is 417. The fourth-order valence-corrected chi connectivity index (χ4v) is 2.02. The average molecular weight is 239 g/mol. The van der Waals surface area contributed by atoms with E-state index in [2.05, 4.69) is 24.5 Å². The Labute approximate surface area is 100 Å². The molecular formula is C12H15ClN2O. The first kappa shape index (κ1) is 11.3. The second kappa shape index (κ2) is 4.34. The lowest BCUT2D eigenvalue weighted by atomic mass is 9.95. The van der Waals surface area contributed by atoms with Crippen molar-refractivity contribution in [2.24, 2.45) is 11.8 Å². The molecule has 3 nitrogen and oxygen atoms in total. The van der Waals surface area contributed by atoms with E-state index in [-0.39, 0.29) is 11.8 Å². The van der Waals surface area contributed by atoms with Crippen molar-refractivity contribution in [2.45, 2.75) is 13.8 Å². The van der Waals surface area contributed by atoms with Crippen LogP contribution in [-0.2, 0) is 4.79 Å². The van der Waals surface area contributed by atoms with Gasteiger partial charge in [0.2, 0.25) is 5.91 Å². The van der Waals surface area contributed by atoms with Gasteiger partial charge in [-0.25, -0.2) is 0 Å². The molecule has 86 valence electrons. The molecular weight excluding hydrogens is 224 g/mol. The minimum absolute atomic E-state index is 0.00817. The summed E-state index contributed by atoms with van der Waals surface area (Å²) < 4.78 is 0. The summed E-state index contributed by atoms with van der Waals surface area (Å²) in [6, 6.07) is 5.47. The fourth-order valence-electron chi connectivity index (χ4n) is 1.85. The number of benzene rings is 1. The van der Waals surface area contributed by atoms with Crippen LogP contribution in [0.2, 0.25) is 5.02 Å². The van der Waals surface area contributed by atoms with Crippen LogP contribution in [0.4, 0.5) is 11.4 Å². The Morgan fingerprint density at radius 3 is 2.81 bits per heavy atom. The van der Waals surface area contributed by atoms with Crippen LogP contribution in [0.3, 0.4) is 0 Å². The Hall–Kier alpha value is -1.22. The summed E-state index contributed by atoms with van der Waals surface area (Å²) in [5.74, 6) is 0.368. The molecule has 0 fully saturated rings. The largest absolute Gasteiger partial charge is 0.383 e. The molecule has 0 aliphatic carbocycles. The maximum atomic E-state index is 11.9. The van der Waals surface area contributed by atoms with Crippen molar-refractivity contribution < 1.29 is 4.79 Å². The molecule has 1 amide bonds. The van der Waals surface area contributed by atoms with E-state index in [4.69, 9.17) is 11.6 Å². The molecule has 1 aromatic carbocycles. The van der Waals surface area contributed by atoms with Gasteiger partial charge < -0.3 is 10.6 Å². The zero-order valence-corrected chi connectivity index (χ0v) is 10.1. The number of halogens is 1. The van der Waals surface area contributed by atoms with Gasteiger partial charge in [-0.3, -0.25) is 4.79 Å². The number of anilines is 2. The summed E-state index contributed by atoms with van der Waals surface area (Å²) in [6.45, 7) is 4.77. The molecule has 0 spiro atoms. The van der Waals surface area contributed by atoms with Crippen LogP contribution < -0.4 is 10.6 Å². The van der Waals surface area contributed by atoms with Gasteiger partial charge in [-0.2, -0.15) is 0 Å². The first-order valence-electron chi connectivity index (χ1n) is 5.42. The summed E-state index contributed by atoms with van der Waals surface area (Å²) in [5.41, 5.74) is 1.70. The van der Waals surface area contributed by atoms with Crippen molar-refractivity contribution in [3.8, 4) is 0 Å². The second-order valence-corrected chi connectivity index (χ2v) is 4.85. The molecule has 2 rings (SSSR count). The van der Waals surface area contributed by atoms with Crippen molar-refractivity contribution in [3.63, 3.8) is 0 Å². The number of rotatable bonds is 1. The molecule has 0 aromatic heterocycles. The van der Waals surface area contributed by atoms with Gasteiger partial charge >= 0.3 is 0 Å². The number of fused-ring (bicyclic) bond motifs is 1. The summed E-state index contributed by atoms with van der Waals surface area (Å²) >= 11 is 5.90. The van der Waals surface area contributed by atoms with E-state index in [0.717, 1.165) is 11.4 Å². The Kier molecular flexibility index (Phi) is 3.06. The first-order chi connectivity index (χ1) is 7.58. The summed E-state index contributed by atoms with van der Waals surface area (Å²) in [6.07, 6.45) is 0. The highest BCUT2D eigenvalue weighted by Crippen LogP contribution is 2.29. The lowest BCUT2D eigenvalue weighted by molar-refractivity contribution is -0.120. The lowest BCUT2D eigenvalue weighted by Crippen LogP contribution is -2.29. The maximum Gasteiger partial charge on any atom is 0.229 e. The number of hydrogen-bond donors (Lipinski definition) is 2. The molecule has 0 radical (unpaired) electrons. The summed E-state index contributed by atoms with van der Waals surface area (Å²) in [5, 5.41) is 6.81. The highest BCUT2D eigenvalue weighted by atomic mass is 35.5. The fraction of sp³-hybridized carbons (Fsp3) is 0.417. The second-order valence-electron chi connectivity index (χ2n) is 4.41. The van der Waals surface area contributed by atoms with Crippen LogP contribution in [0.5, 0.6) is 0 Å². The van der Waals surface area contributed by atoms with Gasteiger partial charge in [-0.15, -0.1) is 0 Å². The van der Waals surface area contributed by atoms with Gasteiger partial charge in [0, 0.05) is 11.6 Å². The normalized spacial score (nSPS) is 19.8. The molecule has 1 atom stereocenters. The molecule has 2 N–H and O–H groups in total. The van der Waals surface area contributed by atoms with Crippen molar-refractivity contribution in [1.29, 1.82) is 0 Å². The highest BCUT2D eigenvalue weighted by molar-refractivity contribution is 6.31. The van der Waals surface area contributed by atoms with E-state index in [9.17, 15) is 4.79 Å². The smallest absolute Gasteiger partial charge is 0.229 e. The average Bonchev–Trinajstić information content (AvgIpc) is 2.35. The summed E-state index contributed by atoms with van der Waals surface area (Å²) in [4.78, 5) is 11.9. The van der Waals surface area contributed by atoms with Crippen molar-refractivity contribution in [3.05, 3.63) is 23.2 Å². The first-order valence-corrected chi connectivity index (χ1v) is 5.80. The Balaban J connectivity index is 2.30. The zero-order chi connectivity index (χ0) is 11.7. The third kappa shape index (κ3) is 2.14. The molecule has 1 aliphatic heterocycles. The molecule has 0 saturated heterocycles. The number of hydrogen-bond acceptors (Lipinski definition) is 2. The summed E-state index contributed by atoms with van der Waals surface area (Å²) in [7, 11) is 0. The molecule has 16 heavy (non-hydrogen) atoms. The number of amides is 1. The van der Waals surface area contributed by atoms with Gasteiger partial charge in [-0.1, -0.05) is 25.4 Å². The van der Waals surface area contributed by atoms with Gasteiger partial charge in [0.05, 0.1) is 17.3 Å². The predicted molar refractivity (Wildman–Crippen MR) is 66.9 cm³/mol. The molecule has 1 aromatic rings. The number of nitrogens with one attached hydrogen (secondary N) is 2. The lowest BCUT2D eigenvalue weighted by Gasteiger charge is -2.16. The number of carbonyl (C=O) groups is 1. The number of carbonyl (C=O) groups excluding carboxylic acids is 1. The maximum absolute atomic E-state index is 11.9. The third-order valence-corrected chi connectivity index (χ3v) is 3.13. The van der Waals surface area contributed by atoms with Gasteiger partial charge in [0.1, 0.15) is 0 Å². The van der Waals surface area contributed by atoms with Crippen molar-refractivity contribution >= 4 is 28.9 Å². The minimum atomic E-state index is -0.00817. The quantitative estimate of drug-likeness (QED) is 0.790. The zero-order valence-electron chi connectivity index (χ0n) is 9.38. The van der Waals surface area contributed by atoms with Crippen LogP contribution in [0.15, 0.2) is 18.2 Å². The van der Waals surface area contributed by atoms with E-state index < -0.39 is 0 Å². The van der Waals surface area contributed by atoms with Gasteiger partial charge in [0.25, 0.3) is 0 Å². The minimum Gasteiger partial charge on any atom is -0.383 e. The van der Waals surface area contributed by atoms with Gasteiger partial charge in [-0.05, 0) is 24.1 Å². The van der Waals surface area contributed by atoms with Crippen LogP contribution in [0.25, 0.3) is 0 Å². The van der Waals surface area contributed by atoms with Crippen molar-refractivity contribution in [1.82, 2.24) is 0 Å². The van der Waals surface area contributed by atoms with Gasteiger partial charge in [0.15, 0.2) is 0 Å². The highest BCUT2D eigenvalue weighted by Gasteiger charge is 2.25. The molecule has 0 bridgehead atoms. The van der Waals surface area contributed by atoms with Crippen LogP contribution in [0, 0.1) is 11.8 Å². The van der Waals surface area contributed by atoms with E-state index in [1.165, 1.54) is 0 Å². The molecule has 4 heteroatoms. The van der Waals surface area contributed by atoms with Crippen LogP contribution in [-0.4, -0.2) is 12.5 Å². The SMILES string of the molecule is CC(C)C1CNc2ccc(Cl)cc2NC1=O. The predicted octanol–water partition coefficient (Wildman–Crippen LogP) is 2.98. The van der Waals surface area contributed by atoms with Crippen molar-refractivity contribution in [2.75, 3.05) is 17.2 Å². The third-order valence-electron chi connectivity index (χ3n) is 2.89. The standard InChI is InChI=1S/C12H15ClN2O/c1-7(2)9-6-14-10-4-3-8(13)5-11(10)15-12(9)16/h3-5,7,9,14H,6H2,1-2H3,(H,15,16). The van der Waals surface area contributed by atoms with Crippen LogP contribution >= 0.6 is 11.6 Å². The topological polar surface area (TPSA) is 41.1 Å². The molecule has 1 unspecified atom stereocenters. The molecule has 1 heterocycles. The van der Waals surface area contributed by atoms with E-state index in [1.807, 2.05) is 12.1 Å². The van der Waals surface area contributed by atoms with Crippen LogP contribution in [0.1, 0.15) is 13.8 Å². The molecule has 0 saturated carbocycles. The van der Waals surface area contributed by atoms with E-state index in [1.54, 1.807) is 6.07 Å². The van der Waals surface area contributed by atoms with E-state index >= 15 is 0 Å². The van der Waals surface area contributed by atoms with E-state index in [0.29, 0.717) is 17.5 Å². The molecule has 1 aliphatic rings.